The number of para-hydroxylation sites is 1. The quantitative estimate of drug-likeness (QED) is 0.341. The van der Waals surface area contributed by atoms with E-state index < -0.39 is 18.5 Å². The van der Waals surface area contributed by atoms with Gasteiger partial charge in [-0.05, 0) is 55.3 Å². The van der Waals surface area contributed by atoms with Crippen LogP contribution in [0.15, 0.2) is 66.7 Å². The zero-order valence-corrected chi connectivity index (χ0v) is 17.7. The molecule has 160 valence electrons. The molecule has 1 amide bonds. The van der Waals surface area contributed by atoms with Gasteiger partial charge in [0.05, 0.1) is 22.5 Å². The highest BCUT2D eigenvalue weighted by Crippen LogP contribution is 2.40. The lowest BCUT2D eigenvalue weighted by Gasteiger charge is -2.09. The average Bonchev–Trinajstić information content (AvgIpc) is 3.58. The van der Waals surface area contributed by atoms with Crippen LogP contribution in [0.2, 0.25) is 5.15 Å². The number of benzene rings is 2. The normalized spacial score (nSPS) is 13.2. The van der Waals surface area contributed by atoms with Crippen molar-refractivity contribution in [1.29, 1.82) is 0 Å². The molecule has 5 rings (SSSR count). The van der Waals surface area contributed by atoms with Gasteiger partial charge in [-0.1, -0.05) is 29.8 Å². The number of rotatable bonds is 6. The summed E-state index contributed by atoms with van der Waals surface area (Å²) in [5.74, 6) is -0.0437. The first-order chi connectivity index (χ1) is 15.6. The fraction of sp³-hybridized carbons (Fsp3) is 0.167. The number of halogens is 1. The van der Waals surface area contributed by atoms with Gasteiger partial charge in [-0.2, -0.15) is 5.10 Å². The molecule has 1 aliphatic rings. The van der Waals surface area contributed by atoms with Crippen LogP contribution in [0, 0.1) is 0 Å². The highest BCUT2D eigenvalue weighted by molar-refractivity contribution is 6.29. The molecule has 1 fully saturated rings. The van der Waals surface area contributed by atoms with Crippen LogP contribution < -0.4 is 5.32 Å². The van der Waals surface area contributed by atoms with Crippen molar-refractivity contribution in [2.24, 2.45) is 0 Å². The minimum Gasteiger partial charge on any atom is -0.452 e. The van der Waals surface area contributed by atoms with Gasteiger partial charge in [0.2, 0.25) is 0 Å². The van der Waals surface area contributed by atoms with Crippen molar-refractivity contribution in [3.8, 4) is 5.69 Å². The number of esters is 1. The van der Waals surface area contributed by atoms with E-state index >= 15 is 0 Å². The minimum atomic E-state index is -0.591. The maximum Gasteiger partial charge on any atom is 0.338 e. The van der Waals surface area contributed by atoms with Gasteiger partial charge in [-0.25, -0.2) is 14.5 Å². The Balaban J connectivity index is 1.27. The average molecular weight is 447 g/mol. The number of ether oxygens (including phenoxy) is 1. The molecule has 2 heterocycles. The lowest BCUT2D eigenvalue weighted by molar-refractivity contribution is -0.119. The van der Waals surface area contributed by atoms with Crippen molar-refractivity contribution in [3.63, 3.8) is 0 Å². The van der Waals surface area contributed by atoms with Crippen molar-refractivity contribution in [2.75, 3.05) is 11.9 Å². The minimum absolute atomic E-state index is 0.333. The van der Waals surface area contributed by atoms with Gasteiger partial charge in [0.25, 0.3) is 5.91 Å². The summed E-state index contributed by atoms with van der Waals surface area (Å²) in [5.41, 5.74) is 2.80. The number of nitrogens with zero attached hydrogens (tertiary/aromatic N) is 3. The molecule has 0 atom stereocenters. The molecule has 1 saturated carbocycles. The Labute approximate surface area is 189 Å². The van der Waals surface area contributed by atoms with E-state index in [1.165, 1.54) is 0 Å². The number of aromatic nitrogens is 3. The second-order valence-corrected chi connectivity index (χ2v) is 8.03. The fourth-order valence-corrected chi connectivity index (χ4v) is 3.61. The molecular weight excluding hydrogens is 428 g/mol. The molecule has 1 N–H and O–H groups in total. The predicted octanol–water partition coefficient (Wildman–Crippen LogP) is 4.75. The van der Waals surface area contributed by atoms with Crippen LogP contribution in [0.3, 0.4) is 0 Å². The van der Waals surface area contributed by atoms with Crippen LogP contribution in [-0.4, -0.2) is 33.2 Å². The van der Waals surface area contributed by atoms with E-state index in [2.05, 4.69) is 15.4 Å². The fourth-order valence-electron chi connectivity index (χ4n) is 3.45. The number of amides is 1. The Morgan fingerprint density at radius 1 is 1.06 bits per heavy atom. The van der Waals surface area contributed by atoms with E-state index in [0.29, 0.717) is 28.0 Å². The summed E-state index contributed by atoms with van der Waals surface area (Å²) in [4.78, 5) is 29.1. The van der Waals surface area contributed by atoms with Crippen molar-refractivity contribution in [2.45, 2.75) is 18.8 Å². The number of anilines is 1. The number of hydrogen-bond donors (Lipinski definition) is 1. The second-order valence-electron chi connectivity index (χ2n) is 7.64. The van der Waals surface area contributed by atoms with Crippen LogP contribution in [0.25, 0.3) is 16.6 Å². The number of carbonyl (C=O) groups is 2. The van der Waals surface area contributed by atoms with Gasteiger partial charge in [0.15, 0.2) is 6.61 Å². The molecule has 0 spiro atoms. The van der Waals surface area contributed by atoms with Crippen molar-refractivity contribution in [1.82, 2.24) is 14.8 Å². The molecule has 2 aromatic carbocycles. The van der Waals surface area contributed by atoms with Crippen molar-refractivity contribution in [3.05, 3.63) is 83.1 Å². The maximum absolute atomic E-state index is 12.5. The van der Waals surface area contributed by atoms with Gasteiger partial charge in [0, 0.05) is 17.4 Å². The van der Waals surface area contributed by atoms with Gasteiger partial charge < -0.3 is 10.1 Å². The first kappa shape index (κ1) is 20.2. The van der Waals surface area contributed by atoms with Crippen molar-refractivity contribution >= 4 is 40.2 Å². The third-order valence-corrected chi connectivity index (χ3v) is 5.43. The van der Waals surface area contributed by atoms with Crippen LogP contribution >= 0.6 is 11.6 Å². The second kappa shape index (κ2) is 8.43. The van der Waals surface area contributed by atoms with E-state index in [0.717, 1.165) is 29.6 Å². The highest BCUT2D eigenvalue weighted by Gasteiger charge is 2.28. The molecule has 0 saturated heterocycles. The highest BCUT2D eigenvalue weighted by atomic mass is 35.5. The van der Waals surface area contributed by atoms with Crippen LogP contribution in [0.5, 0.6) is 0 Å². The van der Waals surface area contributed by atoms with E-state index in [4.69, 9.17) is 16.3 Å². The Morgan fingerprint density at radius 3 is 2.66 bits per heavy atom. The van der Waals surface area contributed by atoms with E-state index in [1.54, 1.807) is 35.0 Å². The lowest BCUT2D eigenvalue weighted by Crippen LogP contribution is -2.22. The van der Waals surface area contributed by atoms with E-state index in [1.807, 2.05) is 36.4 Å². The van der Waals surface area contributed by atoms with Crippen molar-refractivity contribution < 1.29 is 14.3 Å². The van der Waals surface area contributed by atoms with E-state index in [9.17, 15) is 9.59 Å². The van der Waals surface area contributed by atoms with Gasteiger partial charge in [-0.3, -0.25) is 4.79 Å². The molecule has 7 nitrogen and oxygen atoms in total. The number of fused-ring (bicyclic) bond motifs is 1. The number of nitrogens with one attached hydrogen (secondary N) is 1. The zero-order chi connectivity index (χ0) is 22.1. The molecule has 8 heteroatoms. The van der Waals surface area contributed by atoms with Gasteiger partial charge >= 0.3 is 5.97 Å². The smallest absolute Gasteiger partial charge is 0.338 e. The maximum atomic E-state index is 12.5. The molecule has 2 aromatic heterocycles. The summed E-state index contributed by atoms with van der Waals surface area (Å²) in [5, 5.41) is 8.60. The Kier molecular flexibility index (Phi) is 5.33. The molecular formula is C24H19ClN4O3. The topological polar surface area (TPSA) is 86.1 Å². The summed E-state index contributed by atoms with van der Waals surface area (Å²) in [6.07, 6.45) is 2.20. The third kappa shape index (κ3) is 4.33. The molecule has 0 unspecified atom stereocenters. The number of carbonyl (C=O) groups excluding carboxylic acids is 2. The standard InChI is InChI=1S/C24H19ClN4O3/c25-21-11-9-16-12-17(8-10-19(16)26-21)24(31)32-14-23(30)27-22-13-20(15-6-7-15)28-29(22)18-4-2-1-3-5-18/h1-5,8-13,15H,6-7,14H2,(H,27,30). The first-order valence-electron chi connectivity index (χ1n) is 10.3. The summed E-state index contributed by atoms with van der Waals surface area (Å²) in [6.45, 7) is -0.408. The zero-order valence-electron chi connectivity index (χ0n) is 17.0. The molecule has 0 aliphatic heterocycles. The summed E-state index contributed by atoms with van der Waals surface area (Å²) in [7, 11) is 0. The molecule has 0 radical (unpaired) electrons. The number of pyridine rings is 1. The monoisotopic (exact) mass is 446 g/mol. The Bertz CT molecular complexity index is 1320. The SMILES string of the molecule is O=C(COC(=O)c1ccc2nc(Cl)ccc2c1)Nc1cc(C2CC2)nn1-c1ccccc1. The number of hydrogen-bond acceptors (Lipinski definition) is 5. The predicted molar refractivity (Wildman–Crippen MR) is 121 cm³/mol. The summed E-state index contributed by atoms with van der Waals surface area (Å²) in [6, 6.07) is 19.8. The van der Waals surface area contributed by atoms with Gasteiger partial charge in [0.1, 0.15) is 11.0 Å². The molecule has 32 heavy (non-hydrogen) atoms. The van der Waals surface area contributed by atoms with E-state index in [-0.39, 0.29) is 0 Å². The molecule has 4 aromatic rings. The van der Waals surface area contributed by atoms with Crippen LogP contribution in [0.4, 0.5) is 5.82 Å². The first-order valence-corrected chi connectivity index (χ1v) is 10.6. The summed E-state index contributed by atoms with van der Waals surface area (Å²) >= 11 is 5.89. The Morgan fingerprint density at radius 2 is 1.88 bits per heavy atom. The van der Waals surface area contributed by atoms with Crippen LogP contribution in [-0.2, 0) is 9.53 Å². The molecule has 0 bridgehead atoms. The largest absolute Gasteiger partial charge is 0.452 e. The van der Waals surface area contributed by atoms with Gasteiger partial charge in [-0.15, -0.1) is 0 Å². The lowest BCUT2D eigenvalue weighted by atomic mass is 10.1. The third-order valence-electron chi connectivity index (χ3n) is 5.22. The van der Waals surface area contributed by atoms with Crippen LogP contribution in [0.1, 0.15) is 34.8 Å². The Hall–Kier alpha value is -3.71. The molecule has 1 aliphatic carbocycles. The summed E-state index contributed by atoms with van der Waals surface area (Å²) < 4.78 is 6.92.